The Bertz CT molecular complexity index is 1020. The number of ether oxygens (including phenoxy) is 3. The number of aryl methyl sites for hydroxylation is 1. The molecule has 2 aromatic carbocycles. The highest BCUT2D eigenvalue weighted by molar-refractivity contribution is 5.86. The number of fused-ring (bicyclic) bond motifs is 1. The number of H-pyrrole nitrogens is 1. The number of hydrogen-bond donors (Lipinski definition) is 3. The third-order valence-electron chi connectivity index (χ3n) is 5.36. The van der Waals surface area contributed by atoms with Crippen LogP contribution in [-0.2, 0) is 19.4 Å². The fraction of sp³-hybridized carbons (Fsp3) is 0.375. The standard InChI is InChI=1S/C24H32N4O3/c1-6-17-8-7-9-19-18(15-27-22(17)19)10-11-26-24(25-2)28-14-16-12-20(29-3)23(31-5)21(13-16)30-4/h7-9,12-13,15,27H,6,10-11,14H2,1-5H3,(H2,25,26,28). The summed E-state index contributed by atoms with van der Waals surface area (Å²) in [6.07, 6.45) is 4.03. The minimum Gasteiger partial charge on any atom is -0.493 e. The lowest BCUT2D eigenvalue weighted by atomic mass is 10.1. The Hall–Kier alpha value is -3.35. The smallest absolute Gasteiger partial charge is 0.203 e. The summed E-state index contributed by atoms with van der Waals surface area (Å²) in [4.78, 5) is 7.76. The summed E-state index contributed by atoms with van der Waals surface area (Å²) in [5.41, 5.74) is 4.89. The van der Waals surface area contributed by atoms with E-state index in [4.69, 9.17) is 14.2 Å². The maximum atomic E-state index is 5.43. The van der Waals surface area contributed by atoms with Crippen molar-refractivity contribution in [3.05, 3.63) is 53.2 Å². The van der Waals surface area contributed by atoms with E-state index in [1.807, 2.05) is 12.1 Å². The number of nitrogens with one attached hydrogen (secondary N) is 3. The lowest BCUT2D eigenvalue weighted by Gasteiger charge is -2.16. The molecule has 0 radical (unpaired) electrons. The third-order valence-corrected chi connectivity index (χ3v) is 5.36. The second-order valence-electron chi connectivity index (χ2n) is 7.14. The Kier molecular flexibility index (Phi) is 7.65. The molecule has 0 bridgehead atoms. The molecule has 0 atom stereocenters. The number of hydrogen-bond acceptors (Lipinski definition) is 4. The predicted molar refractivity (Wildman–Crippen MR) is 126 cm³/mol. The first-order chi connectivity index (χ1) is 15.1. The van der Waals surface area contributed by atoms with Crippen molar-refractivity contribution < 1.29 is 14.2 Å². The van der Waals surface area contributed by atoms with Gasteiger partial charge in [-0.15, -0.1) is 0 Å². The first kappa shape index (κ1) is 22.3. The molecule has 0 unspecified atom stereocenters. The van der Waals surface area contributed by atoms with Crippen molar-refractivity contribution in [1.29, 1.82) is 0 Å². The fourth-order valence-electron chi connectivity index (χ4n) is 3.74. The Morgan fingerprint density at radius 1 is 1.00 bits per heavy atom. The zero-order chi connectivity index (χ0) is 22.2. The SMILES string of the molecule is CCc1cccc2c(CCNC(=NC)NCc3cc(OC)c(OC)c(OC)c3)c[nH]c12. The van der Waals surface area contributed by atoms with Gasteiger partial charge >= 0.3 is 0 Å². The summed E-state index contributed by atoms with van der Waals surface area (Å²) in [6, 6.07) is 10.3. The van der Waals surface area contributed by atoms with E-state index in [1.165, 1.54) is 22.0 Å². The highest BCUT2D eigenvalue weighted by Crippen LogP contribution is 2.38. The number of guanidine groups is 1. The molecule has 0 saturated carbocycles. The van der Waals surface area contributed by atoms with Crippen LogP contribution >= 0.6 is 0 Å². The van der Waals surface area contributed by atoms with Crippen LogP contribution in [0.3, 0.4) is 0 Å². The van der Waals surface area contributed by atoms with Crippen molar-refractivity contribution in [2.75, 3.05) is 34.9 Å². The molecule has 0 aliphatic rings. The van der Waals surface area contributed by atoms with Gasteiger partial charge in [-0.1, -0.05) is 25.1 Å². The zero-order valence-electron chi connectivity index (χ0n) is 19.0. The number of rotatable bonds is 9. The molecule has 166 valence electrons. The molecule has 7 heteroatoms. The lowest BCUT2D eigenvalue weighted by molar-refractivity contribution is 0.323. The monoisotopic (exact) mass is 424 g/mol. The van der Waals surface area contributed by atoms with E-state index in [1.54, 1.807) is 28.4 Å². The fourth-order valence-corrected chi connectivity index (χ4v) is 3.74. The summed E-state index contributed by atoms with van der Waals surface area (Å²) in [6.45, 7) is 3.53. The number of aromatic amines is 1. The van der Waals surface area contributed by atoms with Gasteiger partial charge in [0.2, 0.25) is 5.75 Å². The van der Waals surface area contributed by atoms with Crippen LogP contribution in [-0.4, -0.2) is 45.9 Å². The van der Waals surface area contributed by atoms with Crippen LogP contribution in [0, 0.1) is 0 Å². The second-order valence-corrected chi connectivity index (χ2v) is 7.14. The van der Waals surface area contributed by atoms with Gasteiger partial charge < -0.3 is 29.8 Å². The molecule has 0 amide bonds. The van der Waals surface area contributed by atoms with Crippen molar-refractivity contribution in [2.24, 2.45) is 4.99 Å². The van der Waals surface area contributed by atoms with Gasteiger partial charge in [-0.05, 0) is 41.7 Å². The molecule has 3 aromatic rings. The van der Waals surface area contributed by atoms with Crippen molar-refractivity contribution in [2.45, 2.75) is 26.3 Å². The van der Waals surface area contributed by atoms with Crippen molar-refractivity contribution >= 4 is 16.9 Å². The van der Waals surface area contributed by atoms with Gasteiger partial charge in [0.25, 0.3) is 0 Å². The van der Waals surface area contributed by atoms with Crippen molar-refractivity contribution in [3.8, 4) is 17.2 Å². The van der Waals surface area contributed by atoms with Crippen molar-refractivity contribution in [1.82, 2.24) is 15.6 Å². The van der Waals surface area contributed by atoms with Gasteiger partial charge in [-0.2, -0.15) is 0 Å². The van der Waals surface area contributed by atoms with Crippen LogP contribution in [0.15, 0.2) is 41.5 Å². The molecule has 31 heavy (non-hydrogen) atoms. The number of para-hydroxylation sites is 1. The second kappa shape index (κ2) is 10.6. The van der Waals surface area contributed by atoms with Crippen molar-refractivity contribution in [3.63, 3.8) is 0 Å². The first-order valence-corrected chi connectivity index (χ1v) is 10.5. The van der Waals surface area contributed by atoms with E-state index < -0.39 is 0 Å². The normalized spacial score (nSPS) is 11.5. The molecule has 7 nitrogen and oxygen atoms in total. The first-order valence-electron chi connectivity index (χ1n) is 10.5. The Labute approximate surface area is 183 Å². The quantitative estimate of drug-likeness (QED) is 0.361. The number of nitrogens with zero attached hydrogens (tertiary/aromatic N) is 1. The molecular formula is C24H32N4O3. The lowest BCUT2D eigenvalue weighted by Crippen LogP contribution is -2.37. The molecule has 0 aliphatic carbocycles. The van der Waals surface area contributed by atoms with Crippen LogP contribution in [0.2, 0.25) is 0 Å². The molecule has 0 fully saturated rings. The number of aromatic nitrogens is 1. The van der Waals surface area contributed by atoms with Crippen LogP contribution in [0.5, 0.6) is 17.2 Å². The Morgan fingerprint density at radius 2 is 1.74 bits per heavy atom. The maximum Gasteiger partial charge on any atom is 0.203 e. The molecule has 3 N–H and O–H groups in total. The molecule has 1 aromatic heterocycles. The van der Waals surface area contributed by atoms with Gasteiger partial charge in [0.1, 0.15) is 0 Å². The summed E-state index contributed by atoms with van der Waals surface area (Å²) in [7, 11) is 6.59. The van der Waals surface area contributed by atoms with Gasteiger partial charge in [0.05, 0.1) is 21.3 Å². The summed E-state index contributed by atoms with van der Waals surface area (Å²) in [5.74, 6) is 2.59. The maximum absolute atomic E-state index is 5.43. The number of benzene rings is 2. The van der Waals surface area contributed by atoms with Gasteiger partial charge in [-0.25, -0.2) is 0 Å². The van der Waals surface area contributed by atoms with Gasteiger partial charge in [0.15, 0.2) is 17.5 Å². The topological polar surface area (TPSA) is 79.9 Å². The summed E-state index contributed by atoms with van der Waals surface area (Å²) < 4.78 is 16.2. The van der Waals surface area contributed by atoms with E-state index in [-0.39, 0.29) is 0 Å². The minimum atomic E-state index is 0.573. The zero-order valence-corrected chi connectivity index (χ0v) is 19.0. The van der Waals surface area contributed by atoms with Gasteiger partial charge in [-0.3, -0.25) is 4.99 Å². The highest BCUT2D eigenvalue weighted by Gasteiger charge is 2.13. The van der Waals surface area contributed by atoms with E-state index >= 15 is 0 Å². The van der Waals surface area contributed by atoms with E-state index in [0.717, 1.165) is 30.9 Å². The van der Waals surface area contributed by atoms with Crippen LogP contribution in [0.1, 0.15) is 23.6 Å². The summed E-state index contributed by atoms with van der Waals surface area (Å²) >= 11 is 0. The average molecular weight is 425 g/mol. The van der Waals surface area contributed by atoms with Crippen LogP contribution < -0.4 is 24.8 Å². The highest BCUT2D eigenvalue weighted by atomic mass is 16.5. The van der Waals surface area contributed by atoms with Crippen LogP contribution in [0.4, 0.5) is 0 Å². The molecule has 3 rings (SSSR count). The largest absolute Gasteiger partial charge is 0.493 e. The molecule has 0 aliphatic heterocycles. The molecule has 1 heterocycles. The van der Waals surface area contributed by atoms with E-state index in [9.17, 15) is 0 Å². The van der Waals surface area contributed by atoms with Crippen LogP contribution in [0.25, 0.3) is 10.9 Å². The molecule has 0 saturated heterocycles. The minimum absolute atomic E-state index is 0.573. The number of methoxy groups -OCH3 is 3. The number of aliphatic imine (C=N–C) groups is 1. The Balaban J connectivity index is 1.60. The molecular weight excluding hydrogens is 392 g/mol. The average Bonchev–Trinajstić information content (AvgIpc) is 3.23. The molecule has 0 spiro atoms. The van der Waals surface area contributed by atoms with E-state index in [0.29, 0.717) is 23.8 Å². The van der Waals surface area contributed by atoms with E-state index in [2.05, 4.69) is 51.9 Å². The van der Waals surface area contributed by atoms with Gasteiger partial charge in [0, 0.05) is 37.2 Å². The Morgan fingerprint density at radius 3 is 2.35 bits per heavy atom. The third kappa shape index (κ3) is 5.05. The summed E-state index contributed by atoms with van der Waals surface area (Å²) in [5, 5.41) is 8.02. The predicted octanol–water partition coefficient (Wildman–Crippen LogP) is 3.66.